The van der Waals surface area contributed by atoms with Gasteiger partial charge in [-0.1, -0.05) is 0 Å². The molecule has 0 aromatic carbocycles. The van der Waals surface area contributed by atoms with Gasteiger partial charge in [0.15, 0.2) is 0 Å². The van der Waals surface area contributed by atoms with Gasteiger partial charge in [-0.25, -0.2) is 19.6 Å². The van der Waals surface area contributed by atoms with Crippen LogP contribution < -0.4 is 20.4 Å². The first-order valence-corrected chi connectivity index (χ1v) is 6.28. The minimum absolute atomic E-state index is 0. The average Bonchev–Trinajstić information content (AvgIpc) is 2.54. The zero-order chi connectivity index (χ0) is 20.0. The molecule has 21 nitrogen and oxygen atoms in total. The molecule has 0 aliphatic carbocycles. The number of carboxylic acids is 4. The number of aromatic nitrogens is 2. The molecule has 0 fully saturated rings. The fraction of sp³-hybridized carbons (Fsp3) is 0. The second kappa shape index (κ2) is 30.4. The molecular formula is C14H30N2Ni2O19+6. The average molecular weight is 648 g/mol. The van der Waals surface area contributed by atoms with E-state index in [0.29, 0.717) is 12.1 Å². The maximum Gasteiger partial charge on any atom is 2.00 e. The van der Waals surface area contributed by atoms with Crippen LogP contribution in [-0.4, -0.2) is 60.5 Å². The first kappa shape index (κ1) is 69.9. The Morgan fingerprint density at radius 1 is 0.541 bits per heavy atom. The Labute approximate surface area is 224 Å². The van der Waals surface area contributed by atoms with Gasteiger partial charge in [0.25, 0.3) is 0 Å². The molecule has 0 amide bonds. The van der Waals surface area contributed by atoms with Crippen LogP contribution in [0.1, 0.15) is 42.0 Å². The van der Waals surface area contributed by atoms with Gasteiger partial charge in [-0.05, 0) is 24.3 Å². The van der Waals surface area contributed by atoms with Crippen LogP contribution in [0.3, 0.4) is 0 Å². The molecule has 23 heteroatoms. The van der Waals surface area contributed by atoms with E-state index in [1.54, 1.807) is 0 Å². The largest absolute Gasteiger partial charge is 2.00 e. The molecule has 2 aromatic rings. The van der Waals surface area contributed by atoms with Crippen molar-refractivity contribution in [3.05, 3.63) is 47.0 Å². The summed E-state index contributed by atoms with van der Waals surface area (Å²) >= 11 is 0. The molecule has 0 bridgehead atoms. The summed E-state index contributed by atoms with van der Waals surface area (Å²) < 4.78 is 0. The van der Waals surface area contributed by atoms with Gasteiger partial charge in [0.05, 0.1) is 23.3 Å². The normalized spacial score (nSPS) is 6.70. The number of nitrogens with zero attached hydrogens (tertiary/aromatic N) is 2. The van der Waals surface area contributed by atoms with Crippen LogP contribution in [-0.2, 0) is 65.8 Å². The third-order valence-corrected chi connectivity index (χ3v) is 2.45. The van der Waals surface area contributed by atoms with E-state index in [-0.39, 0.29) is 82.3 Å². The van der Waals surface area contributed by atoms with Gasteiger partial charge in [-0.3, -0.25) is 0 Å². The summed E-state index contributed by atoms with van der Waals surface area (Å²) in [5.74, 6) is -7.74. The Morgan fingerprint density at radius 3 is 0.892 bits per heavy atom. The number of rotatable bonds is 4. The maximum atomic E-state index is 10.7. The van der Waals surface area contributed by atoms with Crippen molar-refractivity contribution in [3.63, 3.8) is 0 Å². The number of hydrogen-bond acceptors (Lipinski definition) is 10. The molecule has 37 heavy (non-hydrogen) atoms. The maximum absolute atomic E-state index is 10.7. The van der Waals surface area contributed by atoms with Crippen molar-refractivity contribution in [2.75, 3.05) is 0 Å². The minimum atomic E-state index is -1.68. The predicted molar refractivity (Wildman–Crippen MR) is 110 cm³/mol. The third-order valence-electron chi connectivity index (χ3n) is 2.45. The monoisotopic (exact) mass is 646 g/mol. The second-order valence-electron chi connectivity index (χ2n) is 4.33. The quantitative estimate of drug-likeness (QED) is 0.231. The van der Waals surface area contributed by atoms with Crippen molar-refractivity contribution in [1.29, 1.82) is 0 Å². The van der Waals surface area contributed by atoms with E-state index >= 15 is 0 Å². The molecule has 0 saturated heterocycles. The molecule has 0 aliphatic rings. The van der Waals surface area contributed by atoms with Crippen LogP contribution in [0.5, 0.6) is 11.5 Å². The van der Waals surface area contributed by atoms with E-state index in [4.69, 9.17) is 10.2 Å². The summed E-state index contributed by atoms with van der Waals surface area (Å²) in [4.78, 5) is 47.4. The van der Waals surface area contributed by atoms with E-state index in [1.807, 2.05) is 0 Å². The zero-order valence-electron chi connectivity index (χ0n) is 18.0. The van der Waals surface area contributed by atoms with Crippen LogP contribution >= 0.6 is 0 Å². The second-order valence-corrected chi connectivity index (χ2v) is 4.33. The van der Waals surface area contributed by atoms with E-state index in [9.17, 15) is 39.6 Å². The van der Waals surface area contributed by atoms with Crippen molar-refractivity contribution in [3.8, 4) is 11.5 Å². The number of carboxylic acid groups (broad SMARTS) is 4. The van der Waals surface area contributed by atoms with Crippen molar-refractivity contribution in [1.82, 2.24) is 9.97 Å². The molecule has 0 aliphatic heterocycles. The van der Waals surface area contributed by atoms with E-state index < -0.39 is 58.2 Å². The minimum Gasteiger partial charge on any atom is -0.872 e. The SMILES string of the molecule is O.O.O.O=C([O-])c1cc([O-])cc(C(=O)O)n1.O=C([O-])c1cc([O-])cc(C(=O)O)n1.[Ni+2].[Ni+2].[OH3+].[OH3+].[OH3+].[OH3+].[OH3+].[OH3+]. The number of aromatic carboxylic acids is 4. The molecule has 26 N–H and O–H groups in total. The van der Waals surface area contributed by atoms with Crippen LogP contribution in [0.4, 0.5) is 0 Å². The molecule has 0 spiro atoms. The topological polar surface area (TPSA) is 519 Å². The standard InChI is InChI=1S/2C7H5NO5.2Ni.9H2O/c2*9-3-1-4(6(10)11)8-5(2-3)7(12)13;;;;;;;;;;;/h2*1-2H,(H,8,9)(H,10,11)(H,12,13);;;9*1H2/q;;2*+2;;;;;;;;;/p+2. The molecule has 2 heterocycles. The van der Waals surface area contributed by atoms with E-state index in [2.05, 4.69) is 9.97 Å². The van der Waals surface area contributed by atoms with Crippen molar-refractivity contribution in [2.24, 2.45) is 0 Å². The van der Waals surface area contributed by atoms with E-state index in [1.165, 1.54) is 0 Å². The Bertz CT molecular complexity index is 776. The molecule has 0 atom stereocenters. The summed E-state index contributed by atoms with van der Waals surface area (Å²) in [6, 6.07) is 2.85. The Kier molecular flexibility index (Phi) is 57.5. The van der Waals surface area contributed by atoms with Crippen LogP contribution in [0.2, 0.25) is 0 Å². The predicted octanol–water partition coefficient (Wildman–Crippen LogP) is -11.6. The van der Waals surface area contributed by atoms with Gasteiger partial charge in [0.1, 0.15) is 11.4 Å². The van der Waals surface area contributed by atoms with Crippen LogP contribution in [0, 0.1) is 0 Å². The van der Waals surface area contributed by atoms with E-state index in [0.717, 1.165) is 12.1 Å². The summed E-state index contributed by atoms with van der Waals surface area (Å²) in [6.45, 7) is 0. The van der Waals surface area contributed by atoms with Crippen molar-refractivity contribution in [2.45, 2.75) is 0 Å². The first-order valence-electron chi connectivity index (χ1n) is 6.28. The summed E-state index contributed by atoms with van der Waals surface area (Å²) in [5.41, 5.74) is -2.56. The molecule has 2 rings (SSSR count). The van der Waals surface area contributed by atoms with Gasteiger partial charge >= 0.3 is 44.9 Å². The van der Waals surface area contributed by atoms with Crippen LogP contribution in [0.25, 0.3) is 0 Å². The number of hydrogen-bond donors (Lipinski definition) is 2. The molecular weight excluding hydrogens is 618 g/mol. The van der Waals surface area contributed by atoms with Crippen molar-refractivity contribution < 1.29 is 132 Å². The molecule has 0 saturated carbocycles. The van der Waals surface area contributed by atoms with Crippen molar-refractivity contribution >= 4 is 23.9 Å². The molecule has 0 unspecified atom stereocenters. The Morgan fingerprint density at radius 2 is 0.730 bits per heavy atom. The summed E-state index contributed by atoms with van der Waals surface area (Å²) in [6.07, 6.45) is 0. The first-order chi connectivity index (χ1) is 12.0. The fourth-order valence-corrected chi connectivity index (χ4v) is 1.44. The molecule has 2 aromatic heterocycles. The molecule has 0 radical (unpaired) electrons. The summed E-state index contributed by atoms with van der Waals surface area (Å²) in [7, 11) is 0. The number of pyridine rings is 2. The van der Waals surface area contributed by atoms with Gasteiger partial charge in [-0.15, -0.1) is 11.5 Å². The molecule has 224 valence electrons. The zero-order valence-corrected chi connectivity index (χ0v) is 19.9. The van der Waals surface area contributed by atoms with Crippen LogP contribution in [0.15, 0.2) is 24.3 Å². The number of carbonyl (C=O) groups excluding carboxylic acids is 2. The van der Waals surface area contributed by atoms with Gasteiger partial charge in [0, 0.05) is 0 Å². The van der Waals surface area contributed by atoms with Gasteiger partial charge < -0.3 is 89.5 Å². The Balaban J connectivity index is -0.0000000313. The smallest absolute Gasteiger partial charge is 0.872 e. The van der Waals surface area contributed by atoms with Gasteiger partial charge in [-0.2, -0.15) is 0 Å². The van der Waals surface area contributed by atoms with Gasteiger partial charge in [0.2, 0.25) is 0 Å². The third kappa shape index (κ3) is 22.6. The Hall–Kier alpha value is -3.59. The summed E-state index contributed by atoms with van der Waals surface area (Å²) in [5, 5.41) is 58.7. The fourth-order valence-electron chi connectivity index (χ4n) is 1.44. The number of carbonyl (C=O) groups is 4.